The number of thioether (sulfide) groups is 1. The van der Waals surface area contributed by atoms with Crippen LogP contribution in [0.5, 0.6) is 0 Å². The summed E-state index contributed by atoms with van der Waals surface area (Å²) in [6.45, 7) is 1.77. The van der Waals surface area contributed by atoms with Crippen molar-refractivity contribution in [3.8, 4) is 5.69 Å². The second-order valence-electron chi connectivity index (χ2n) is 6.90. The van der Waals surface area contributed by atoms with Crippen LogP contribution < -0.4 is 5.56 Å². The van der Waals surface area contributed by atoms with Crippen LogP contribution in [0.25, 0.3) is 15.9 Å². The summed E-state index contributed by atoms with van der Waals surface area (Å²) in [5.41, 5.74) is 1.89. The Hall–Kier alpha value is -2.12. The first-order valence-electron chi connectivity index (χ1n) is 9.47. The summed E-state index contributed by atoms with van der Waals surface area (Å²) in [6, 6.07) is 9.51. The van der Waals surface area contributed by atoms with Crippen LogP contribution in [-0.2, 0) is 22.4 Å². The first-order chi connectivity index (χ1) is 13.6. The summed E-state index contributed by atoms with van der Waals surface area (Å²) in [7, 11) is 1.37. The SMILES string of the molecule is COC(=O)[C@H](C)Sc1nc2sc3c(c2c(=O)n1-c1ccccc1)CCCCC3. The Kier molecular flexibility index (Phi) is 5.55. The van der Waals surface area contributed by atoms with Gasteiger partial charge in [0.15, 0.2) is 5.16 Å². The molecule has 1 atom stereocenters. The highest BCUT2D eigenvalue weighted by Crippen LogP contribution is 2.35. The van der Waals surface area contributed by atoms with Crippen LogP contribution in [0.2, 0.25) is 0 Å². The molecule has 2 aromatic heterocycles. The monoisotopic (exact) mass is 414 g/mol. The summed E-state index contributed by atoms with van der Waals surface area (Å²) in [5.74, 6) is -0.332. The van der Waals surface area contributed by atoms with Crippen LogP contribution in [0.1, 0.15) is 36.6 Å². The van der Waals surface area contributed by atoms with E-state index in [1.165, 1.54) is 35.7 Å². The zero-order valence-corrected chi connectivity index (χ0v) is 17.6. The Morgan fingerprint density at radius 1 is 1.21 bits per heavy atom. The van der Waals surface area contributed by atoms with E-state index < -0.39 is 5.25 Å². The molecule has 0 aliphatic heterocycles. The molecule has 1 aliphatic carbocycles. The maximum atomic E-state index is 13.6. The van der Waals surface area contributed by atoms with E-state index in [1.807, 2.05) is 30.3 Å². The minimum atomic E-state index is -0.456. The summed E-state index contributed by atoms with van der Waals surface area (Å²) in [5, 5.41) is 0.820. The normalized spacial score (nSPS) is 15.1. The van der Waals surface area contributed by atoms with E-state index in [4.69, 9.17) is 9.72 Å². The molecule has 5 nitrogen and oxygen atoms in total. The third-order valence-corrected chi connectivity index (χ3v) is 7.25. The fourth-order valence-electron chi connectivity index (χ4n) is 3.62. The van der Waals surface area contributed by atoms with E-state index in [9.17, 15) is 9.59 Å². The summed E-state index contributed by atoms with van der Waals surface area (Å²) in [6.07, 6.45) is 5.43. The Balaban J connectivity index is 1.94. The van der Waals surface area contributed by atoms with Crippen LogP contribution in [0, 0.1) is 0 Å². The summed E-state index contributed by atoms with van der Waals surface area (Å²) in [4.78, 5) is 32.5. The molecule has 0 N–H and O–H groups in total. The smallest absolute Gasteiger partial charge is 0.318 e. The number of hydrogen-bond acceptors (Lipinski definition) is 6. The van der Waals surface area contributed by atoms with Gasteiger partial charge in [0.1, 0.15) is 10.1 Å². The van der Waals surface area contributed by atoms with Gasteiger partial charge in [0.2, 0.25) is 0 Å². The van der Waals surface area contributed by atoms with Gasteiger partial charge in [0.25, 0.3) is 5.56 Å². The van der Waals surface area contributed by atoms with E-state index in [2.05, 4.69) is 0 Å². The van der Waals surface area contributed by atoms with Gasteiger partial charge in [-0.15, -0.1) is 11.3 Å². The molecular weight excluding hydrogens is 392 g/mol. The molecule has 0 saturated heterocycles. The predicted molar refractivity (Wildman–Crippen MR) is 114 cm³/mol. The number of aromatic nitrogens is 2. The van der Waals surface area contributed by atoms with Gasteiger partial charge >= 0.3 is 5.97 Å². The number of hydrogen-bond donors (Lipinski definition) is 0. The molecule has 2 heterocycles. The van der Waals surface area contributed by atoms with E-state index in [0.29, 0.717) is 5.16 Å². The highest BCUT2D eigenvalue weighted by Gasteiger charge is 2.24. The van der Waals surface area contributed by atoms with Crippen LogP contribution >= 0.6 is 23.1 Å². The van der Waals surface area contributed by atoms with E-state index in [1.54, 1.807) is 22.8 Å². The number of aryl methyl sites for hydroxylation is 2. The van der Waals surface area contributed by atoms with Gasteiger partial charge in [-0.2, -0.15) is 0 Å². The number of fused-ring (bicyclic) bond motifs is 3. The van der Waals surface area contributed by atoms with Crippen molar-refractivity contribution >= 4 is 39.3 Å². The standard InChI is InChI=1S/C21H22N2O3S2/c1-13(20(25)26-2)27-21-22-18-17(15-11-7-4-8-12-16(15)28-18)19(24)23(21)14-9-5-3-6-10-14/h3,5-6,9-10,13H,4,7-8,11-12H2,1-2H3/t13-/m0/s1. The van der Waals surface area contributed by atoms with Crippen molar-refractivity contribution in [3.05, 3.63) is 51.1 Å². The lowest BCUT2D eigenvalue weighted by atomic mass is 10.1. The van der Waals surface area contributed by atoms with Crippen LogP contribution in [-0.4, -0.2) is 27.9 Å². The molecule has 0 saturated carbocycles. The summed E-state index contributed by atoms with van der Waals surface area (Å²) >= 11 is 2.89. The number of nitrogens with zero attached hydrogens (tertiary/aromatic N) is 2. The zero-order valence-electron chi connectivity index (χ0n) is 15.9. The number of para-hydroxylation sites is 1. The fraction of sp³-hybridized carbons (Fsp3) is 0.381. The van der Waals surface area contributed by atoms with Crippen molar-refractivity contribution in [1.82, 2.24) is 9.55 Å². The van der Waals surface area contributed by atoms with E-state index >= 15 is 0 Å². The van der Waals surface area contributed by atoms with Crippen molar-refractivity contribution < 1.29 is 9.53 Å². The molecule has 0 bridgehead atoms. The molecular formula is C21H22N2O3S2. The maximum Gasteiger partial charge on any atom is 0.318 e. The Morgan fingerprint density at radius 3 is 2.71 bits per heavy atom. The quantitative estimate of drug-likeness (QED) is 0.275. The van der Waals surface area contributed by atoms with E-state index in [-0.39, 0.29) is 11.5 Å². The molecule has 146 valence electrons. The molecule has 3 aromatic rings. The summed E-state index contributed by atoms with van der Waals surface area (Å²) < 4.78 is 6.50. The van der Waals surface area contributed by atoms with Crippen molar-refractivity contribution in [1.29, 1.82) is 0 Å². The molecule has 28 heavy (non-hydrogen) atoms. The van der Waals surface area contributed by atoms with Crippen molar-refractivity contribution in [2.75, 3.05) is 7.11 Å². The molecule has 4 rings (SSSR count). The van der Waals surface area contributed by atoms with Gasteiger partial charge in [0, 0.05) is 4.88 Å². The predicted octanol–water partition coefficient (Wildman–Crippen LogP) is 4.37. The number of carbonyl (C=O) groups excluding carboxylic acids is 1. The molecule has 0 fully saturated rings. The molecule has 7 heteroatoms. The molecule has 0 amide bonds. The Morgan fingerprint density at radius 2 is 1.96 bits per heavy atom. The number of ether oxygens (including phenoxy) is 1. The molecule has 0 spiro atoms. The van der Waals surface area contributed by atoms with E-state index in [0.717, 1.165) is 41.6 Å². The Labute approximate surface area is 171 Å². The van der Waals surface area contributed by atoms with Gasteiger partial charge in [-0.05, 0) is 50.3 Å². The number of methoxy groups -OCH3 is 1. The van der Waals surface area contributed by atoms with Gasteiger partial charge in [0.05, 0.1) is 18.2 Å². The largest absolute Gasteiger partial charge is 0.468 e. The number of benzene rings is 1. The van der Waals surface area contributed by atoms with Crippen LogP contribution in [0.15, 0.2) is 40.3 Å². The second kappa shape index (κ2) is 8.09. The van der Waals surface area contributed by atoms with Crippen molar-refractivity contribution in [3.63, 3.8) is 0 Å². The van der Waals surface area contributed by atoms with Crippen molar-refractivity contribution in [2.45, 2.75) is 49.4 Å². The first-order valence-corrected chi connectivity index (χ1v) is 11.2. The topological polar surface area (TPSA) is 61.2 Å². The molecule has 0 unspecified atom stereocenters. The number of esters is 1. The highest BCUT2D eigenvalue weighted by molar-refractivity contribution is 8.00. The lowest BCUT2D eigenvalue weighted by molar-refractivity contribution is -0.139. The molecule has 0 radical (unpaired) electrons. The fourth-order valence-corrected chi connectivity index (χ4v) is 5.88. The minimum absolute atomic E-state index is 0.0461. The van der Waals surface area contributed by atoms with Crippen LogP contribution in [0.3, 0.4) is 0 Å². The second-order valence-corrected chi connectivity index (χ2v) is 9.29. The number of thiophene rings is 1. The third kappa shape index (κ3) is 3.49. The first kappa shape index (κ1) is 19.2. The van der Waals surface area contributed by atoms with Crippen molar-refractivity contribution in [2.24, 2.45) is 0 Å². The lowest BCUT2D eigenvalue weighted by Crippen LogP contribution is -2.24. The lowest BCUT2D eigenvalue weighted by Gasteiger charge is -2.15. The van der Waals surface area contributed by atoms with Gasteiger partial charge in [-0.25, -0.2) is 4.98 Å². The average molecular weight is 415 g/mol. The average Bonchev–Trinajstić information content (AvgIpc) is 2.89. The van der Waals surface area contributed by atoms with Gasteiger partial charge < -0.3 is 4.74 Å². The highest BCUT2D eigenvalue weighted by atomic mass is 32.2. The molecule has 1 aromatic carbocycles. The third-order valence-electron chi connectivity index (χ3n) is 5.04. The maximum absolute atomic E-state index is 13.6. The molecule has 1 aliphatic rings. The Bertz CT molecular complexity index is 1070. The minimum Gasteiger partial charge on any atom is -0.468 e. The van der Waals surface area contributed by atoms with Crippen LogP contribution in [0.4, 0.5) is 0 Å². The number of rotatable bonds is 4. The zero-order chi connectivity index (χ0) is 19.7. The van der Waals surface area contributed by atoms with Gasteiger partial charge in [-0.1, -0.05) is 36.4 Å². The number of carbonyl (C=O) groups is 1. The van der Waals surface area contributed by atoms with Gasteiger partial charge in [-0.3, -0.25) is 14.2 Å².